The van der Waals surface area contributed by atoms with Crippen LogP contribution in [0.2, 0.25) is 0 Å². The fourth-order valence-electron chi connectivity index (χ4n) is 4.16. The number of carboxylic acids is 1. The molecule has 0 heterocycles. The van der Waals surface area contributed by atoms with E-state index in [-0.39, 0.29) is 42.1 Å². The molecule has 1 aromatic rings. The van der Waals surface area contributed by atoms with Gasteiger partial charge in [0.25, 0.3) is 0 Å². The van der Waals surface area contributed by atoms with Gasteiger partial charge in [0, 0.05) is 12.8 Å². The molecule has 0 radical (unpaired) electrons. The molecular formula is C26H36O8. The van der Waals surface area contributed by atoms with Gasteiger partial charge in [-0.3, -0.25) is 19.2 Å². The first-order valence-corrected chi connectivity index (χ1v) is 12.1. The van der Waals surface area contributed by atoms with Gasteiger partial charge < -0.3 is 19.3 Å². The Hall–Kier alpha value is -2.90. The number of rotatable bonds is 11. The number of benzene rings is 1. The Balaban J connectivity index is 0.000000270. The Labute approximate surface area is 201 Å². The number of esters is 3. The number of aliphatic carboxylic acids is 1. The summed E-state index contributed by atoms with van der Waals surface area (Å²) in [6.45, 7) is 4.75. The van der Waals surface area contributed by atoms with Crippen molar-refractivity contribution in [1.82, 2.24) is 0 Å². The third kappa shape index (κ3) is 9.53. The molecule has 2 saturated carbocycles. The Morgan fingerprint density at radius 2 is 1.35 bits per heavy atom. The van der Waals surface area contributed by atoms with E-state index in [1.807, 2.05) is 37.3 Å². The van der Waals surface area contributed by atoms with E-state index in [1.165, 1.54) is 0 Å². The van der Waals surface area contributed by atoms with Gasteiger partial charge in [-0.2, -0.15) is 0 Å². The zero-order valence-corrected chi connectivity index (χ0v) is 20.1. The van der Waals surface area contributed by atoms with Crippen molar-refractivity contribution in [1.29, 1.82) is 0 Å². The average Bonchev–Trinajstić information content (AvgIpc) is 2.74. The zero-order chi connectivity index (χ0) is 24.9. The number of hydrogen-bond acceptors (Lipinski definition) is 7. The highest BCUT2D eigenvalue weighted by Crippen LogP contribution is 2.38. The summed E-state index contributed by atoms with van der Waals surface area (Å²) in [6, 6.07) is 9.65. The monoisotopic (exact) mass is 476 g/mol. The highest BCUT2D eigenvalue weighted by molar-refractivity contribution is 5.74. The van der Waals surface area contributed by atoms with Gasteiger partial charge in [0.05, 0.1) is 25.0 Å². The minimum Gasteiger partial charge on any atom is -0.481 e. The summed E-state index contributed by atoms with van der Waals surface area (Å²) in [5.74, 6) is -0.620. The van der Waals surface area contributed by atoms with Gasteiger partial charge in [0.1, 0.15) is 6.61 Å². The summed E-state index contributed by atoms with van der Waals surface area (Å²) < 4.78 is 15.0. The van der Waals surface area contributed by atoms with Crippen molar-refractivity contribution in [2.45, 2.75) is 65.4 Å². The summed E-state index contributed by atoms with van der Waals surface area (Å²) in [7, 11) is 0. The Bertz CT molecular complexity index is 794. The fraction of sp³-hybridized carbons (Fsp3) is 0.615. The molecule has 2 fully saturated rings. The van der Waals surface area contributed by atoms with Gasteiger partial charge in [-0.1, -0.05) is 30.3 Å². The van der Waals surface area contributed by atoms with Crippen molar-refractivity contribution in [3.8, 4) is 0 Å². The van der Waals surface area contributed by atoms with Crippen LogP contribution >= 0.6 is 0 Å². The smallest absolute Gasteiger partial charge is 0.308 e. The molecule has 1 aromatic carbocycles. The van der Waals surface area contributed by atoms with E-state index in [0.29, 0.717) is 45.0 Å². The van der Waals surface area contributed by atoms with Crippen LogP contribution in [0.4, 0.5) is 0 Å². The van der Waals surface area contributed by atoms with E-state index in [9.17, 15) is 19.2 Å². The molecule has 0 aromatic heterocycles. The molecule has 188 valence electrons. The summed E-state index contributed by atoms with van der Waals surface area (Å²) >= 11 is 0. The molecular weight excluding hydrogens is 440 g/mol. The number of ether oxygens (including phenoxy) is 3. The second-order valence-electron chi connectivity index (χ2n) is 8.86. The van der Waals surface area contributed by atoms with E-state index in [2.05, 4.69) is 0 Å². The Kier molecular flexibility index (Phi) is 11.6. The van der Waals surface area contributed by atoms with Gasteiger partial charge >= 0.3 is 23.9 Å². The van der Waals surface area contributed by atoms with Crippen LogP contribution in [0.1, 0.15) is 64.4 Å². The quantitative estimate of drug-likeness (QED) is 0.374. The van der Waals surface area contributed by atoms with Crippen molar-refractivity contribution in [2.24, 2.45) is 23.7 Å². The van der Waals surface area contributed by atoms with Crippen molar-refractivity contribution >= 4 is 23.9 Å². The number of carbonyl (C=O) groups is 4. The van der Waals surface area contributed by atoms with E-state index < -0.39 is 5.97 Å². The van der Waals surface area contributed by atoms with E-state index in [4.69, 9.17) is 19.3 Å². The lowest BCUT2D eigenvalue weighted by Gasteiger charge is -2.33. The molecule has 2 aliphatic rings. The molecule has 8 heteroatoms. The lowest BCUT2D eigenvalue weighted by atomic mass is 9.73. The molecule has 1 N–H and O–H groups in total. The summed E-state index contributed by atoms with van der Waals surface area (Å²) in [5.41, 5.74) is 0.997. The first kappa shape index (κ1) is 27.3. The largest absolute Gasteiger partial charge is 0.481 e. The maximum Gasteiger partial charge on any atom is 0.308 e. The molecule has 0 amide bonds. The van der Waals surface area contributed by atoms with Gasteiger partial charge in [-0.05, 0) is 63.4 Å². The molecule has 0 unspecified atom stereocenters. The normalized spacial score (nSPS) is 22.6. The number of carbonyl (C=O) groups excluding carboxylic acids is 3. The summed E-state index contributed by atoms with van der Waals surface area (Å²) in [4.78, 5) is 44.5. The van der Waals surface area contributed by atoms with E-state index >= 15 is 0 Å². The van der Waals surface area contributed by atoms with Gasteiger partial charge in [-0.25, -0.2) is 0 Å². The van der Waals surface area contributed by atoms with Crippen LogP contribution in [0, 0.1) is 23.7 Å². The average molecular weight is 477 g/mol. The van der Waals surface area contributed by atoms with Gasteiger partial charge in [-0.15, -0.1) is 0 Å². The SMILES string of the molecule is CCOC(=O)C1CC(CC(=O)O)C1.CCOC(=O)C1CC(CCC(=O)OCc2ccccc2)C1. The molecule has 0 saturated heterocycles. The van der Waals surface area contributed by atoms with Crippen molar-refractivity contribution in [3.63, 3.8) is 0 Å². The van der Waals surface area contributed by atoms with Crippen molar-refractivity contribution in [3.05, 3.63) is 35.9 Å². The minimum absolute atomic E-state index is 0.0373. The van der Waals surface area contributed by atoms with Crippen LogP contribution in [0.3, 0.4) is 0 Å². The van der Waals surface area contributed by atoms with E-state index in [1.54, 1.807) is 6.92 Å². The molecule has 0 aliphatic heterocycles. The molecule has 0 atom stereocenters. The summed E-state index contributed by atoms with van der Waals surface area (Å²) in [6.07, 6.45) is 4.42. The van der Waals surface area contributed by atoms with Crippen LogP contribution in [0.25, 0.3) is 0 Å². The highest BCUT2D eigenvalue weighted by atomic mass is 16.5. The maximum atomic E-state index is 11.7. The minimum atomic E-state index is -0.785. The second kappa shape index (κ2) is 14.4. The second-order valence-corrected chi connectivity index (χ2v) is 8.86. The van der Waals surface area contributed by atoms with Crippen LogP contribution < -0.4 is 0 Å². The molecule has 0 bridgehead atoms. The third-order valence-corrected chi connectivity index (χ3v) is 6.17. The van der Waals surface area contributed by atoms with Crippen LogP contribution in [-0.2, 0) is 40.0 Å². The summed E-state index contributed by atoms with van der Waals surface area (Å²) in [5, 5.41) is 8.46. The predicted molar refractivity (Wildman–Crippen MR) is 123 cm³/mol. The van der Waals surface area contributed by atoms with Gasteiger partial charge in [0.15, 0.2) is 0 Å². The number of hydrogen-bond donors (Lipinski definition) is 1. The van der Waals surface area contributed by atoms with Crippen LogP contribution in [0.15, 0.2) is 30.3 Å². The molecule has 3 rings (SSSR count). The Morgan fingerprint density at radius 1 is 0.824 bits per heavy atom. The van der Waals surface area contributed by atoms with Crippen molar-refractivity contribution < 1.29 is 38.5 Å². The lowest BCUT2D eigenvalue weighted by molar-refractivity contribution is -0.155. The molecule has 0 spiro atoms. The highest BCUT2D eigenvalue weighted by Gasteiger charge is 2.36. The van der Waals surface area contributed by atoms with Crippen LogP contribution in [-0.4, -0.2) is 42.2 Å². The van der Waals surface area contributed by atoms with Crippen molar-refractivity contribution in [2.75, 3.05) is 13.2 Å². The molecule has 2 aliphatic carbocycles. The first-order chi connectivity index (χ1) is 16.3. The third-order valence-electron chi connectivity index (χ3n) is 6.17. The standard InChI is InChI=1S/C17H22O4.C9H14O4/c1-2-20-17(19)15-10-14(11-15)8-9-16(18)21-12-13-6-4-3-5-7-13;1-2-13-9(12)7-3-6(4-7)5-8(10)11/h3-7,14-15H,2,8-12H2,1H3;6-7H,2-5H2,1H3,(H,10,11). The Morgan fingerprint density at radius 3 is 1.85 bits per heavy atom. The van der Waals surface area contributed by atoms with E-state index in [0.717, 1.165) is 24.8 Å². The lowest BCUT2D eigenvalue weighted by Crippen LogP contribution is -2.33. The first-order valence-electron chi connectivity index (χ1n) is 12.1. The van der Waals surface area contributed by atoms with Gasteiger partial charge in [0.2, 0.25) is 0 Å². The topological polar surface area (TPSA) is 116 Å². The molecule has 8 nitrogen and oxygen atoms in total. The fourth-order valence-corrected chi connectivity index (χ4v) is 4.16. The number of carboxylic acid groups (broad SMARTS) is 1. The molecule has 34 heavy (non-hydrogen) atoms. The maximum absolute atomic E-state index is 11.7. The van der Waals surface area contributed by atoms with Crippen LogP contribution in [0.5, 0.6) is 0 Å². The predicted octanol–water partition coefficient (Wildman–Crippen LogP) is 4.15. The zero-order valence-electron chi connectivity index (χ0n) is 20.1.